The predicted molar refractivity (Wildman–Crippen MR) is 41.3 cm³/mol. The van der Waals surface area contributed by atoms with E-state index in [1.165, 1.54) is 17.8 Å². The summed E-state index contributed by atoms with van der Waals surface area (Å²) in [5.41, 5.74) is 0. The van der Waals surface area contributed by atoms with Crippen LogP contribution >= 0.6 is 22.3 Å². The van der Waals surface area contributed by atoms with E-state index in [-0.39, 0.29) is 10.3 Å². The molecule has 1 rings (SSSR count). The van der Waals surface area contributed by atoms with Gasteiger partial charge in [0.15, 0.2) is 0 Å². The number of rotatable bonds is 1. The van der Waals surface area contributed by atoms with Gasteiger partial charge in [-0.2, -0.15) is 0 Å². The van der Waals surface area contributed by atoms with E-state index in [2.05, 4.69) is 4.98 Å². The lowest BCUT2D eigenvalue weighted by atomic mass is 10.9. The van der Waals surface area contributed by atoms with Crippen LogP contribution in [0.3, 0.4) is 0 Å². The van der Waals surface area contributed by atoms with Crippen molar-refractivity contribution in [3.05, 3.63) is 11.3 Å². The molecule has 4 nitrogen and oxygen atoms in total. The number of nitrogens with zero attached hydrogens (tertiary/aromatic N) is 2. The van der Waals surface area contributed by atoms with Gasteiger partial charge in [0.1, 0.15) is 5.15 Å². The maximum absolute atomic E-state index is 10.7. The van der Waals surface area contributed by atoms with Crippen molar-refractivity contribution in [3.63, 3.8) is 0 Å². The minimum absolute atomic E-state index is 0.226. The van der Waals surface area contributed by atoms with Crippen molar-refractivity contribution in [2.75, 3.05) is 0 Å². The fraction of sp³-hybridized carbons (Fsp3) is 0.250. The van der Waals surface area contributed by atoms with Gasteiger partial charge in [0.25, 0.3) is 9.05 Å². The Labute approximate surface area is 73.2 Å². The van der Waals surface area contributed by atoms with Crippen LogP contribution in [-0.4, -0.2) is 18.0 Å². The first-order valence-electron chi connectivity index (χ1n) is 2.55. The molecule has 0 aliphatic rings. The van der Waals surface area contributed by atoms with Gasteiger partial charge in [0.2, 0.25) is 5.16 Å². The van der Waals surface area contributed by atoms with Crippen molar-refractivity contribution < 1.29 is 8.42 Å². The molecule has 0 N–H and O–H groups in total. The van der Waals surface area contributed by atoms with E-state index in [1.54, 1.807) is 0 Å². The van der Waals surface area contributed by atoms with Gasteiger partial charge in [-0.15, -0.1) is 0 Å². The number of hydrogen-bond donors (Lipinski definition) is 0. The Balaban J connectivity index is 3.38. The highest BCUT2D eigenvalue weighted by Crippen LogP contribution is 2.16. The van der Waals surface area contributed by atoms with Crippen LogP contribution in [0.25, 0.3) is 0 Å². The number of halogens is 2. The van der Waals surface area contributed by atoms with E-state index in [9.17, 15) is 8.42 Å². The lowest BCUT2D eigenvalue weighted by molar-refractivity contribution is 0.593. The molecular formula is C4H4Cl2N2O2S. The van der Waals surface area contributed by atoms with Gasteiger partial charge in [-0.25, -0.2) is 13.4 Å². The highest BCUT2D eigenvalue weighted by atomic mass is 35.7. The third-order valence-electron chi connectivity index (χ3n) is 1.11. The molecule has 1 heterocycles. The SMILES string of the molecule is Cn1c(Cl)cnc1S(=O)(=O)Cl. The molecule has 0 atom stereocenters. The van der Waals surface area contributed by atoms with Crippen molar-refractivity contribution in [1.29, 1.82) is 0 Å². The van der Waals surface area contributed by atoms with Crippen LogP contribution in [0.1, 0.15) is 0 Å². The zero-order valence-electron chi connectivity index (χ0n) is 5.45. The van der Waals surface area contributed by atoms with E-state index < -0.39 is 9.05 Å². The van der Waals surface area contributed by atoms with Crippen LogP contribution in [0, 0.1) is 0 Å². The normalized spacial score (nSPS) is 11.9. The Kier molecular flexibility index (Phi) is 2.13. The summed E-state index contributed by atoms with van der Waals surface area (Å²) in [5, 5.41) is -0.0200. The van der Waals surface area contributed by atoms with E-state index in [0.29, 0.717) is 0 Å². The molecule has 1 aromatic heterocycles. The summed E-state index contributed by atoms with van der Waals surface area (Å²) in [7, 11) is 2.70. The van der Waals surface area contributed by atoms with Crippen molar-refractivity contribution in [1.82, 2.24) is 9.55 Å². The van der Waals surface area contributed by atoms with Crippen molar-refractivity contribution >= 4 is 31.3 Å². The average molecular weight is 215 g/mol. The summed E-state index contributed by atoms with van der Waals surface area (Å²) in [4.78, 5) is 3.50. The van der Waals surface area contributed by atoms with E-state index in [0.717, 1.165) is 0 Å². The Morgan fingerprint density at radius 2 is 2.18 bits per heavy atom. The van der Waals surface area contributed by atoms with Gasteiger partial charge < -0.3 is 4.57 Å². The van der Waals surface area contributed by atoms with Crippen LogP contribution in [-0.2, 0) is 16.1 Å². The molecule has 0 unspecified atom stereocenters. The topological polar surface area (TPSA) is 52.0 Å². The van der Waals surface area contributed by atoms with Crippen LogP contribution < -0.4 is 0 Å². The molecule has 0 aliphatic heterocycles. The Morgan fingerprint density at radius 1 is 1.64 bits per heavy atom. The quantitative estimate of drug-likeness (QED) is 0.656. The van der Waals surface area contributed by atoms with Crippen molar-refractivity contribution in [2.45, 2.75) is 5.16 Å². The van der Waals surface area contributed by atoms with E-state index in [4.69, 9.17) is 22.3 Å². The molecule has 11 heavy (non-hydrogen) atoms. The minimum atomic E-state index is -3.77. The molecular weight excluding hydrogens is 211 g/mol. The monoisotopic (exact) mass is 214 g/mol. The molecule has 7 heteroatoms. The van der Waals surface area contributed by atoms with Crippen LogP contribution in [0.5, 0.6) is 0 Å². The fourth-order valence-corrected chi connectivity index (χ4v) is 1.81. The first-order valence-corrected chi connectivity index (χ1v) is 5.23. The molecule has 0 aromatic carbocycles. The maximum atomic E-state index is 10.7. The van der Waals surface area contributed by atoms with Gasteiger partial charge in [-0.05, 0) is 0 Å². The highest BCUT2D eigenvalue weighted by molar-refractivity contribution is 8.13. The third-order valence-corrected chi connectivity index (χ3v) is 2.69. The van der Waals surface area contributed by atoms with Crippen molar-refractivity contribution in [3.8, 4) is 0 Å². The number of aromatic nitrogens is 2. The molecule has 0 aliphatic carbocycles. The van der Waals surface area contributed by atoms with Gasteiger partial charge in [0.05, 0.1) is 6.20 Å². The van der Waals surface area contributed by atoms with Crippen LogP contribution in [0.4, 0.5) is 0 Å². The third kappa shape index (κ3) is 1.66. The van der Waals surface area contributed by atoms with Crippen molar-refractivity contribution in [2.24, 2.45) is 7.05 Å². The molecule has 0 fully saturated rings. The predicted octanol–water partition coefficient (Wildman–Crippen LogP) is 1.00. The second kappa shape index (κ2) is 2.66. The second-order valence-corrected chi connectivity index (χ2v) is 4.71. The lowest BCUT2D eigenvalue weighted by Gasteiger charge is -1.95. The van der Waals surface area contributed by atoms with Gasteiger partial charge in [-0.1, -0.05) is 11.6 Å². The zero-order valence-corrected chi connectivity index (χ0v) is 7.78. The van der Waals surface area contributed by atoms with Crippen LogP contribution in [0.15, 0.2) is 11.4 Å². The van der Waals surface area contributed by atoms with Crippen LogP contribution in [0.2, 0.25) is 5.15 Å². The summed E-state index contributed by atoms with van der Waals surface area (Å²) in [5.74, 6) is 0. The zero-order chi connectivity index (χ0) is 8.65. The molecule has 0 spiro atoms. The van der Waals surface area contributed by atoms with Gasteiger partial charge in [0, 0.05) is 17.7 Å². The lowest BCUT2D eigenvalue weighted by Crippen LogP contribution is -2.01. The first-order chi connectivity index (χ1) is 4.93. The fourth-order valence-electron chi connectivity index (χ4n) is 0.600. The summed E-state index contributed by atoms with van der Waals surface area (Å²) < 4.78 is 22.6. The van der Waals surface area contributed by atoms with E-state index in [1.807, 2.05) is 0 Å². The molecule has 0 radical (unpaired) electrons. The molecule has 62 valence electrons. The first kappa shape index (κ1) is 8.83. The highest BCUT2D eigenvalue weighted by Gasteiger charge is 2.17. The maximum Gasteiger partial charge on any atom is 0.295 e. The summed E-state index contributed by atoms with van der Waals surface area (Å²) in [6.45, 7) is 0. The molecule has 0 saturated carbocycles. The minimum Gasteiger partial charge on any atom is -0.308 e. The van der Waals surface area contributed by atoms with Gasteiger partial charge >= 0.3 is 0 Å². The summed E-state index contributed by atoms with van der Waals surface area (Å²) in [6, 6.07) is 0. The molecule has 1 aromatic rings. The molecule has 0 saturated heterocycles. The average Bonchev–Trinajstić information content (AvgIpc) is 2.11. The van der Waals surface area contributed by atoms with Gasteiger partial charge in [-0.3, -0.25) is 0 Å². The smallest absolute Gasteiger partial charge is 0.295 e. The Bertz CT molecular complexity index is 369. The number of hydrogen-bond acceptors (Lipinski definition) is 3. The Morgan fingerprint density at radius 3 is 2.36 bits per heavy atom. The molecule has 0 bridgehead atoms. The summed E-state index contributed by atoms with van der Waals surface area (Å²) in [6.07, 6.45) is 1.22. The summed E-state index contributed by atoms with van der Waals surface area (Å²) >= 11 is 5.51. The number of imidazole rings is 1. The molecule has 0 amide bonds. The second-order valence-electron chi connectivity index (χ2n) is 1.86. The van der Waals surface area contributed by atoms with E-state index >= 15 is 0 Å². The Hall–Kier alpha value is -0.260. The standard InChI is InChI=1S/C4H4Cl2N2O2S/c1-8-3(5)2-7-4(8)11(6,9)10/h2H,1H3. The largest absolute Gasteiger partial charge is 0.308 e.